The topological polar surface area (TPSA) is 50.9 Å². The van der Waals surface area contributed by atoms with Crippen molar-refractivity contribution in [2.75, 3.05) is 0 Å². The van der Waals surface area contributed by atoms with Gasteiger partial charge in [0.2, 0.25) is 0 Å². The van der Waals surface area contributed by atoms with Crippen LogP contribution in [-0.4, -0.2) is 19.9 Å². The third-order valence-corrected chi connectivity index (χ3v) is 2.07. The van der Waals surface area contributed by atoms with E-state index >= 15 is 0 Å². The minimum absolute atomic E-state index is 0.0108. The second-order valence-corrected chi connectivity index (χ2v) is 3.13. The number of hydrogen-bond acceptors (Lipinski definition) is 3. The molecule has 0 fully saturated rings. The van der Waals surface area contributed by atoms with Crippen molar-refractivity contribution >= 4 is 0 Å². The standard InChI is InChI=1S/C10H11N3O/c1-8-2-3-10(9(4-8)5-14)13-7-11-6-12-13/h2-4,6-7,14H,5H2,1H3. The minimum atomic E-state index is 0.0108. The number of rotatable bonds is 2. The fourth-order valence-corrected chi connectivity index (χ4v) is 1.40. The highest BCUT2D eigenvalue weighted by molar-refractivity contribution is 5.41. The van der Waals surface area contributed by atoms with Crippen molar-refractivity contribution in [2.45, 2.75) is 13.5 Å². The number of hydrogen-bond donors (Lipinski definition) is 1. The summed E-state index contributed by atoms with van der Waals surface area (Å²) in [5, 5.41) is 13.2. The van der Waals surface area contributed by atoms with Crippen LogP contribution in [0.25, 0.3) is 5.69 Å². The molecule has 0 radical (unpaired) electrons. The van der Waals surface area contributed by atoms with E-state index in [0.29, 0.717) is 0 Å². The molecule has 0 aliphatic rings. The van der Waals surface area contributed by atoms with Gasteiger partial charge in [0, 0.05) is 5.56 Å². The summed E-state index contributed by atoms with van der Waals surface area (Å²) < 4.78 is 1.64. The summed E-state index contributed by atoms with van der Waals surface area (Å²) in [5.41, 5.74) is 2.85. The van der Waals surface area contributed by atoms with Crippen molar-refractivity contribution in [3.05, 3.63) is 42.0 Å². The number of aryl methyl sites for hydroxylation is 1. The van der Waals surface area contributed by atoms with Crippen LogP contribution in [0.15, 0.2) is 30.9 Å². The zero-order valence-corrected chi connectivity index (χ0v) is 7.88. The molecule has 1 aromatic heterocycles. The zero-order chi connectivity index (χ0) is 9.97. The summed E-state index contributed by atoms with van der Waals surface area (Å²) in [6, 6.07) is 5.85. The molecule has 14 heavy (non-hydrogen) atoms. The number of aliphatic hydroxyl groups excluding tert-OH is 1. The van der Waals surface area contributed by atoms with Crippen LogP contribution >= 0.6 is 0 Å². The molecule has 4 nitrogen and oxygen atoms in total. The van der Waals surface area contributed by atoms with Gasteiger partial charge >= 0.3 is 0 Å². The number of nitrogens with zero attached hydrogens (tertiary/aromatic N) is 3. The molecular formula is C10H11N3O. The van der Waals surface area contributed by atoms with Crippen LogP contribution < -0.4 is 0 Å². The Morgan fingerprint density at radius 2 is 2.29 bits per heavy atom. The SMILES string of the molecule is Cc1ccc(-n2cncn2)c(CO)c1. The first kappa shape index (κ1) is 8.90. The lowest BCUT2D eigenvalue weighted by Crippen LogP contribution is -2.00. The summed E-state index contributed by atoms with van der Waals surface area (Å²) >= 11 is 0. The monoisotopic (exact) mass is 189 g/mol. The Labute approximate surface area is 81.8 Å². The molecule has 0 aliphatic heterocycles. The molecule has 4 heteroatoms. The van der Waals surface area contributed by atoms with Crippen LogP contribution in [0.2, 0.25) is 0 Å². The molecule has 1 heterocycles. The van der Waals surface area contributed by atoms with Crippen LogP contribution in [0.5, 0.6) is 0 Å². The van der Waals surface area contributed by atoms with Gasteiger partial charge in [0.1, 0.15) is 12.7 Å². The lowest BCUT2D eigenvalue weighted by molar-refractivity contribution is 0.281. The van der Waals surface area contributed by atoms with E-state index in [-0.39, 0.29) is 6.61 Å². The fraction of sp³-hybridized carbons (Fsp3) is 0.200. The summed E-state index contributed by atoms with van der Waals surface area (Å²) in [6.07, 6.45) is 3.09. The second kappa shape index (κ2) is 3.59. The number of aromatic nitrogens is 3. The molecule has 0 unspecified atom stereocenters. The van der Waals surface area contributed by atoms with Crippen LogP contribution in [0, 0.1) is 6.92 Å². The third-order valence-electron chi connectivity index (χ3n) is 2.07. The molecule has 2 aromatic rings. The molecule has 0 spiro atoms. The van der Waals surface area contributed by atoms with Crippen molar-refractivity contribution in [3.8, 4) is 5.69 Å². The van der Waals surface area contributed by atoms with E-state index in [1.165, 1.54) is 6.33 Å². The summed E-state index contributed by atoms with van der Waals surface area (Å²) in [5.74, 6) is 0. The van der Waals surface area contributed by atoms with Gasteiger partial charge in [-0.2, -0.15) is 5.10 Å². The Morgan fingerprint density at radius 3 is 2.93 bits per heavy atom. The molecular weight excluding hydrogens is 178 g/mol. The van der Waals surface area contributed by atoms with Crippen LogP contribution in [0.1, 0.15) is 11.1 Å². The van der Waals surface area contributed by atoms with Gasteiger partial charge in [-0.25, -0.2) is 9.67 Å². The maximum atomic E-state index is 9.18. The molecule has 1 aromatic carbocycles. The Balaban J connectivity index is 2.53. The lowest BCUT2D eigenvalue weighted by atomic mass is 10.1. The normalized spacial score (nSPS) is 10.4. The molecule has 72 valence electrons. The molecule has 0 bridgehead atoms. The predicted octanol–water partition coefficient (Wildman–Crippen LogP) is 1.07. The van der Waals surface area contributed by atoms with Crippen molar-refractivity contribution in [1.82, 2.24) is 14.8 Å². The minimum Gasteiger partial charge on any atom is -0.392 e. The largest absolute Gasteiger partial charge is 0.392 e. The van der Waals surface area contributed by atoms with E-state index in [1.807, 2.05) is 25.1 Å². The molecule has 0 saturated carbocycles. The molecule has 2 rings (SSSR count). The Morgan fingerprint density at radius 1 is 1.43 bits per heavy atom. The van der Waals surface area contributed by atoms with Gasteiger partial charge in [0.15, 0.2) is 0 Å². The zero-order valence-electron chi connectivity index (χ0n) is 7.88. The van der Waals surface area contributed by atoms with Gasteiger partial charge in [-0.3, -0.25) is 0 Å². The van der Waals surface area contributed by atoms with Gasteiger partial charge in [-0.15, -0.1) is 0 Å². The number of aliphatic hydroxyl groups is 1. The molecule has 0 amide bonds. The lowest BCUT2D eigenvalue weighted by Gasteiger charge is -2.07. The van der Waals surface area contributed by atoms with Gasteiger partial charge in [-0.05, 0) is 13.0 Å². The van der Waals surface area contributed by atoms with Gasteiger partial charge in [-0.1, -0.05) is 17.7 Å². The molecule has 0 atom stereocenters. The van der Waals surface area contributed by atoms with Crippen LogP contribution in [-0.2, 0) is 6.61 Å². The average molecular weight is 189 g/mol. The van der Waals surface area contributed by atoms with Crippen LogP contribution in [0.4, 0.5) is 0 Å². The van der Waals surface area contributed by atoms with Gasteiger partial charge in [0.05, 0.1) is 12.3 Å². The second-order valence-electron chi connectivity index (χ2n) is 3.13. The van der Waals surface area contributed by atoms with Crippen molar-refractivity contribution in [3.63, 3.8) is 0 Å². The van der Waals surface area contributed by atoms with Crippen molar-refractivity contribution < 1.29 is 5.11 Å². The Hall–Kier alpha value is -1.68. The summed E-state index contributed by atoms with van der Waals surface area (Å²) in [4.78, 5) is 3.87. The predicted molar refractivity (Wildman–Crippen MR) is 52.0 cm³/mol. The smallest absolute Gasteiger partial charge is 0.138 e. The van der Waals surface area contributed by atoms with E-state index in [0.717, 1.165) is 16.8 Å². The average Bonchev–Trinajstić information content (AvgIpc) is 2.70. The van der Waals surface area contributed by atoms with E-state index < -0.39 is 0 Å². The third kappa shape index (κ3) is 1.52. The Kier molecular flexibility index (Phi) is 2.28. The molecule has 0 aliphatic carbocycles. The first-order chi connectivity index (χ1) is 6.81. The Bertz CT molecular complexity index is 423. The van der Waals surface area contributed by atoms with E-state index in [4.69, 9.17) is 0 Å². The van der Waals surface area contributed by atoms with Crippen molar-refractivity contribution in [1.29, 1.82) is 0 Å². The van der Waals surface area contributed by atoms with Crippen molar-refractivity contribution in [2.24, 2.45) is 0 Å². The van der Waals surface area contributed by atoms with E-state index in [2.05, 4.69) is 10.1 Å². The maximum absolute atomic E-state index is 9.18. The van der Waals surface area contributed by atoms with Crippen LogP contribution in [0.3, 0.4) is 0 Å². The quantitative estimate of drug-likeness (QED) is 0.768. The first-order valence-electron chi connectivity index (χ1n) is 4.36. The molecule has 1 N–H and O–H groups in total. The van der Waals surface area contributed by atoms with E-state index in [9.17, 15) is 5.11 Å². The van der Waals surface area contributed by atoms with Gasteiger partial charge < -0.3 is 5.11 Å². The summed E-state index contributed by atoms with van der Waals surface area (Å²) in [6.45, 7) is 2.00. The highest BCUT2D eigenvalue weighted by Crippen LogP contribution is 2.14. The van der Waals surface area contributed by atoms with E-state index in [1.54, 1.807) is 11.0 Å². The van der Waals surface area contributed by atoms with Gasteiger partial charge in [0.25, 0.3) is 0 Å². The summed E-state index contributed by atoms with van der Waals surface area (Å²) in [7, 11) is 0. The first-order valence-corrected chi connectivity index (χ1v) is 4.36. The molecule has 0 saturated heterocycles. The number of benzene rings is 1. The fourth-order valence-electron chi connectivity index (χ4n) is 1.40. The maximum Gasteiger partial charge on any atom is 0.138 e. The highest BCUT2D eigenvalue weighted by atomic mass is 16.3. The highest BCUT2D eigenvalue weighted by Gasteiger charge is 2.03.